The number of benzene rings is 2. The highest BCUT2D eigenvalue weighted by atomic mass is 14.9. The fourth-order valence-electron chi connectivity index (χ4n) is 2.92. The Morgan fingerprint density at radius 2 is 1.77 bits per heavy atom. The molecule has 1 unspecified atom stereocenters. The molecule has 1 aliphatic carbocycles. The van der Waals surface area contributed by atoms with Gasteiger partial charge in [0.25, 0.3) is 0 Å². The summed E-state index contributed by atoms with van der Waals surface area (Å²) in [5, 5.41) is 0. The van der Waals surface area contributed by atoms with Crippen molar-refractivity contribution in [2.24, 2.45) is 16.5 Å². The predicted molar refractivity (Wildman–Crippen MR) is 92.3 cm³/mol. The Balaban J connectivity index is 2.10. The summed E-state index contributed by atoms with van der Waals surface area (Å²) in [6.07, 6.45) is 2.55. The molecule has 2 aromatic rings. The van der Waals surface area contributed by atoms with Crippen molar-refractivity contribution in [3.63, 3.8) is 0 Å². The molecule has 1 atom stereocenters. The molecule has 0 fully saturated rings. The van der Waals surface area contributed by atoms with Crippen molar-refractivity contribution in [3.8, 4) is 0 Å². The summed E-state index contributed by atoms with van der Waals surface area (Å²) in [6, 6.07) is 18.7. The Morgan fingerprint density at radius 1 is 1.09 bits per heavy atom. The first-order valence-electron chi connectivity index (χ1n) is 7.28. The molecule has 3 heteroatoms. The number of nitrogens with zero attached hydrogens (tertiary/aromatic N) is 1. The summed E-state index contributed by atoms with van der Waals surface area (Å²) < 4.78 is 0. The molecule has 2 aromatic carbocycles. The number of aliphatic imine (C=N–C) groups is 1. The fourth-order valence-corrected chi connectivity index (χ4v) is 2.92. The molecular weight excluding hydrogens is 270 g/mol. The van der Waals surface area contributed by atoms with E-state index in [4.69, 9.17) is 11.5 Å². The zero-order chi connectivity index (χ0) is 15.5. The maximum Gasteiger partial charge on any atom is 0.116 e. The van der Waals surface area contributed by atoms with E-state index < -0.39 is 0 Å². The van der Waals surface area contributed by atoms with Crippen LogP contribution in [-0.4, -0.2) is 6.21 Å². The number of hydrogen-bond acceptors (Lipinski definition) is 3. The van der Waals surface area contributed by atoms with Crippen LogP contribution in [0.15, 0.2) is 77.6 Å². The molecule has 0 saturated carbocycles. The first kappa shape index (κ1) is 14.1. The standard InChI is InChI=1S/C19H19N3/c1-13(20)22-12-15-11-18(14-7-3-2-4-8-14)16-9-5-6-10-17(16)19(15)21/h2-10,12,18H,1,11,20-21H2/b22-12-. The van der Waals surface area contributed by atoms with Crippen LogP contribution in [0.4, 0.5) is 0 Å². The third-order valence-corrected chi connectivity index (χ3v) is 3.98. The normalized spacial score (nSPS) is 17.5. The molecule has 110 valence electrons. The van der Waals surface area contributed by atoms with Crippen LogP contribution >= 0.6 is 0 Å². The van der Waals surface area contributed by atoms with Gasteiger partial charge in [-0.1, -0.05) is 61.2 Å². The van der Waals surface area contributed by atoms with E-state index in [1.807, 2.05) is 12.1 Å². The van der Waals surface area contributed by atoms with E-state index >= 15 is 0 Å². The topological polar surface area (TPSA) is 64.4 Å². The average molecular weight is 289 g/mol. The van der Waals surface area contributed by atoms with Gasteiger partial charge in [-0.15, -0.1) is 0 Å². The first-order valence-corrected chi connectivity index (χ1v) is 7.28. The van der Waals surface area contributed by atoms with Gasteiger partial charge in [0.15, 0.2) is 0 Å². The highest BCUT2D eigenvalue weighted by molar-refractivity contribution is 5.92. The molecule has 0 saturated heterocycles. The minimum atomic E-state index is 0.275. The Hall–Kier alpha value is -2.81. The highest BCUT2D eigenvalue weighted by Crippen LogP contribution is 2.39. The van der Waals surface area contributed by atoms with Gasteiger partial charge in [-0.3, -0.25) is 0 Å². The lowest BCUT2D eigenvalue weighted by molar-refractivity contribution is 0.799. The van der Waals surface area contributed by atoms with Crippen molar-refractivity contribution in [2.45, 2.75) is 12.3 Å². The van der Waals surface area contributed by atoms with Gasteiger partial charge in [0.1, 0.15) is 5.82 Å². The molecule has 3 rings (SSSR count). The summed E-state index contributed by atoms with van der Waals surface area (Å²) >= 11 is 0. The monoisotopic (exact) mass is 289 g/mol. The van der Waals surface area contributed by atoms with Gasteiger partial charge in [-0.05, 0) is 23.1 Å². The van der Waals surface area contributed by atoms with Crippen LogP contribution in [0.3, 0.4) is 0 Å². The average Bonchev–Trinajstić information content (AvgIpc) is 2.55. The zero-order valence-corrected chi connectivity index (χ0v) is 12.4. The van der Waals surface area contributed by atoms with E-state index in [1.54, 1.807) is 6.21 Å². The van der Waals surface area contributed by atoms with Gasteiger partial charge in [0.2, 0.25) is 0 Å². The highest BCUT2D eigenvalue weighted by Gasteiger charge is 2.25. The van der Waals surface area contributed by atoms with Crippen molar-refractivity contribution in [2.75, 3.05) is 0 Å². The largest absolute Gasteiger partial charge is 0.398 e. The number of rotatable bonds is 3. The quantitative estimate of drug-likeness (QED) is 0.851. The predicted octanol–water partition coefficient (Wildman–Crippen LogP) is 3.39. The molecule has 3 nitrogen and oxygen atoms in total. The van der Waals surface area contributed by atoms with Crippen molar-refractivity contribution in [1.82, 2.24) is 0 Å². The van der Waals surface area contributed by atoms with Gasteiger partial charge in [0.05, 0.1) is 0 Å². The summed E-state index contributed by atoms with van der Waals surface area (Å²) in [5.74, 6) is 0.563. The van der Waals surface area contributed by atoms with E-state index in [0.717, 1.165) is 23.3 Å². The Labute approximate surface area is 130 Å². The number of fused-ring (bicyclic) bond motifs is 1. The Morgan fingerprint density at radius 3 is 2.50 bits per heavy atom. The molecular formula is C19H19N3. The SMILES string of the molecule is C=C(N)/N=C\C1=C(N)c2ccccc2C(c2ccccc2)C1. The van der Waals surface area contributed by atoms with E-state index in [2.05, 4.69) is 54.0 Å². The minimum absolute atomic E-state index is 0.275. The van der Waals surface area contributed by atoms with Crippen molar-refractivity contribution in [1.29, 1.82) is 0 Å². The number of allylic oxidation sites excluding steroid dienone is 1. The van der Waals surface area contributed by atoms with E-state index in [9.17, 15) is 0 Å². The van der Waals surface area contributed by atoms with Crippen molar-refractivity contribution < 1.29 is 0 Å². The van der Waals surface area contributed by atoms with Gasteiger partial charge in [-0.25, -0.2) is 4.99 Å². The molecule has 0 aliphatic heterocycles. The lowest BCUT2D eigenvalue weighted by Crippen LogP contribution is -2.17. The molecule has 0 heterocycles. The van der Waals surface area contributed by atoms with Gasteiger partial charge >= 0.3 is 0 Å². The van der Waals surface area contributed by atoms with Crippen LogP contribution in [0.5, 0.6) is 0 Å². The summed E-state index contributed by atoms with van der Waals surface area (Å²) in [6.45, 7) is 3.60. The van der Waals surface area contributed by atoms with Gasteiger partial charge in [0, 0.05) is 23.4 Å². The second-order valence-electron chi connectivity index (χ2n) is 5.44. The molecule has 0 bridgehead atoms. The molecule has 0 amide bonds. The van der Waals surface area contributed by atoms with Crippen LogP contribution in [-0.2, 0) is 0 Å². The van der Waals surface area contributed by atoms with Crippen molar-refractivity contribution in [3.05, 3.63) is 89.3 Å². The zero-order valence-electron chi connectivity index (χ0n) is 12.4. The molecule has 4 N–H and O–H groups in total. The molecule has 0 spiro atoms. The second kappa shape index (κ2) is 5.90. The van der Waals surface area contributed by atoms with Crippen molar-refractivity contribution >= 4 is 11.9 Å². The van der Waals surface area contributed by atoms with Gasteiger partial charge in [-0.2, -0.15) is 0 Å². The third-order valence-electron chi connectivity index (χ3n) is 3.98. The lowest BCUT2D eigenvalue weighted by atomic mass is 9.78. The third kappa shape index (κ3) is 2.66. The summed E-state index contributed by atoms with van der Waals surface area (Å²) in [5.41, 5.74) is 17.3. The summed E-state index contributed by atoms with van der Waals surface area (Å²) in [7, 11) is 0. The molecule has 0 radical (unpaired) electrons. The smallest absolute Gasteiger partial charge is 0.116 e. The second-order valence-corrected chi connectivity index (χ2v) is 5.44. The van der Waals surface area contributed by atoms with Crippen LogP contribution in [0, 0.1) is 0 Å². The van der Waals surface area contributed by atoms with Gasteiger partial charge < -0.3 is 11.5 Å². The molecule has 1 aliphatic rings. The van der Waals surface area contributed by atoms with E-state index in [0.29, 0.717) is 0 Å². The molecule has 22 heavy (non-hydrogen) atoms. The van der Waals surface area contributed by atoms with Crippen LogP contribution in [0.25, 0.3) is 5.70 Å². The van der Waals surface area contributed by atoms with E-state index in [1.165, 1.54) is 11.1 Å². The fraction of sp³-hybridized carbons (Fsp3) is 0.105. The maximum atomic E-state index is 6.34. The summed E-state index contributed by atoms with van der Waals surface area (Å²) in [4.78, 5) is 4.12. The van der Waals surface area contributed by atoms with Crippen LogP contribution < -0.4 is 11.5 Å². The minimum Gasteiger partial charge on any atom is -0.398 e. The Kier molecular flexibility index (Phi) is 3.79. The van der Waals surface area contributed by atoms with Crippen LogP contribution in [0.1, 0.15) is 29.0 Å². The van der Waals surface area contributed by atoms with Crippen LogP contribution in [0.2, 0.25) is 0 Å². The number of hydrogen-bond donors (Lipinski definition) is 2. The first-order chi connectivity index (χ1) is 10.7. The lowest BCUT2D eigenvalue weighted by Gasteiger charge is -2.27. The number of nitrogens with two attached hydrogens (primary N) is 2. The van der Waals surface area contributed by atoms with E-state index in [-0.39, 0.29) is 11.7 Å². The maximum absolute atomic E-state index is 6.34. The Bertz CT molecular complexity index is 757. The molecule has 0 aromatic heterocycles.